The average molecular weight is 399 g/mol. The Labute approximate surface area is 152 Å². The zero-order chi connectivity index (χ0) is 19.1. The van der Waals surface area contributed by atoms with Crippen LogP contribution >= 0.6 is 0 Å². The fraction of sp³-hybridized carbons (Fsp3) is 0.471. The van der Waals surface area contributed by atoms with E-state index in [1.54, 1.807) is 0 Å². The van der Waals surface area contributed by atoms with E-state index in [9.17, 15) is 21.6 Å². The molecule has 1 aliphatic rings. The molecule has 2 heterocycles. The van der Waals surface area contributed by atoms with Crippen molar-refractivity contribution in [2.45, 2.75) is 31.2 Å². The van der Waals surface area contributed by atoms with Gasteiger partial charge in [-0.25, -0.2) is 21.6 Å². The number of hydrogen-bond acceptors (Lipinski definition) is 6. The van der Waals surface area contributed by atoms with E-state index in [1.165, 1.54) is 34.6 Å². The van der Waals surface area contributed by atoms with E-state index in [4.69, 9.17) is 4.42 Å². The van der Waals surface area contributed by atoms with Gasteiger partial charge in [-0.3, -0.25) is 0 Å². The molecule has 1 saturated heterocycles. The normalized spacial score (nSPS) is 20.2. The fourth-order valence-corrected chi connectivity index (χ4v) is 6.83. The van der Waals surface area contributed by atoms with E-state index >= 15 is 0 Å². The molecule has 3 rings (SSSR count). The monoisotopic (exact) mass is 399 g/mol. The predicted molar refractivity (Wildman–Crippen MR) is 98.3 cm³/mol. The predicted octanol–water partition coefficient (Wildman–Crippen LogP) is 1.63. The molecule has 0 radical (unpaired) electrons. The molecule has 1 aliphatic heterocycles. The van der Waals surface area contributed by atoms with Crippen molar-refractivity contribution < 1.29 is 21.3 Å². The summed E-state index contributed by atoms with van der Waals surface area (Å²) in [6, 6.07) is 6.46. The van der Waals surface area contributed by atoms with Crippen molar-refractivity contribution in [1.29, 1.82) is 0 Å². The van der Waals surface area contributed by atoms with Gasteiger partial charge in [-0.1, -0.05) is 13.8 Å². The minimum atomic E-state index is -3.88. The fourth-order valence-electron chi connectivity index (χ4n) is 3.15. The second-order valence-corrected chi connectivity index (χ2v) is 11.1. The van der Waals surface area contributed by atoms with Crippen molar-refractivity contribution in [3.8, 4) is 0 Å². The Balaban J connectivity index is 2.04. The SMILES string of the molecule is CC(C)CN(C1CCS(=O)(=O)C1)S(=O)(=O)c1ccc2oc(=O)ccc2c1. The molecule has 0 spiro atoms. The molecule has 1 unspecified atom stereocenters. The van der Waals surface area contributed by atoms with Crippen LogP contribution in [0.2, 0.25) is 0 Å². The molecule has 1 atom stereocenters. The van der Waals surface area contributed by atoms with Crippen LogP contribution in [0.25, 0.3) is 11.0 Å². The Morgan fingerprint density at radius 1 is 1.23 bits per heavy atom. The number of rotatable bonds is 5. The number of hydrogen-bond donors (Lipinski definition) is 0. The summed E-state index contributed by atoms with van der Waals surface area (Å²) in [5, 5.41) is 0.495. The van der Waals surface area contributed by atoms with Gasteiger partial charge < -0.3 is 4.42 Å². The second kappa shape index (κ2) is 6.79. The molecule has 7 nitrogen and oxygen atoms in total. The molecule has 1 fully saturated rings. The molecule has 0 saturated carbocycles. The van der Waals surface area contributed by atoms with E-state index in [-0.39, 0.29) is 28.9 Å². The largest absolute Gasteiger partial charge is 0.423 e. The summed E-state index contributed by atoms with van der Waals surface area (Å²) < 4.78 is 56.5. The van der Waals surface area contributed by atoms with Gasteiger partial charge in [0.15, 0.2) is 9.84 Å². The van der Waals surface area contributed by atoms with Gasteiger partial charge in [0.2, 0.25) is 10.0 Å². The molecular formula is C17H21NO6S2. The van der Waals surface area contributed by atoms with Crippen LogP contribution in [0.5, 0.6) is 0 Å². The van der Waals surface area contributed by atoms with Crippen LogP contribution in [-0.2, 0) is 19.9 Å². The van der Waals surface area contributed by atoms with Crippen LogP contribution in [-0.4, -0.2) is 45.2 Å². The lowest BCUT2D eigenvalue weighted by atomic mass is 10.2. The average Bonchev–Trinajstić information content (AvgIpc) is 2.91. The molecule has 142 valence electrons. The zero-order valence-electron chi connectivity index (χ0n) is 14.6. The lowest BCUT2D eigenvalue weighted by Gasteiger charge is -2.29. The zero-order valence-corrected chi connectivity index (χ0v) is 16.2. The molecule has 0 aliphatic carbocycles. The quantitative estimate of drug-likeness (QED) is 0.708. The van der Waals surface area contributed by atoms with Crippen molar-refractivity contribution in [3.63, 3.8) is 0 Å². The van der Waals surface area contributed by atoms with Crippen LogP contribution in [0.4, 0.5) is 0 Å². The number of sulfonamides is 1. The first-order valence-electron chi connectivity index (χ1n) is 8.35. The highest BCUT2D eigenvalue weighted by Gasteiger charge is 2.39. The first-order valence-corrected chi connectivity index (χ1v) is 11.6. The third-order valence-corrected chi connectivity index (χ3v) is 8.02. The lowest BCUT2D eigenvalue weighted by Crippen LogP contribution is -2.43. The highest BCUT2D eigenvalue weighted by Crippen LogP contribution is 2.27. The molecule has 1 aromatic carbocycles. The van der Waals surface area contributed by atoms with Crippen LogP contribution in [0.1, 0.15) is 20.3 Å². The summed E-state index contributed by atoms with van der Waals surface area (Å²) in [7, 11) is -7.10. The van der Waals surface area contributed by atoms with Crippen molar-refractivity contribution in [1.82, 2.24) is 4.31 Å². The number of fused-ring (bicyclic) bond motifs is 1. The van der Waals surface area contributed by atoms with Gasteiger partial charge in [-0.15, -0.1) is 0 Å². The lowest BCUT2D eigenvalue weighted by molar-refractivity contribution is 0.308. The van der Waals surface area contributed by atoms with Crippen LogP contribution < -0.4 is 5.63 Å². The van der Waals surface area contributed by atoms with E-state index < -0.39 is 31.5 Å². The maximum atomic E-state index is 13.2. The van der Waals surface area contributed by atoms with Crippen LogP contribution in [0.3, 0.4) is 0 Å². The van der Waals surface area contributed by atoms with Crippen molar-refractivity contribution in [2.24, 2.45) is 5.92 Å². The van der Waals surface area contributed by atoms with Gasteiger partial charge in [0.25, 0.3) is 0 Å². The second-order valence-electron chi connectivity index (χ2n) is 6.98. The molecular weight excluding hydrogens is 378 g/mol. The summed E-state index contributed by atoms with van der Waals surface area (Å²) >= 11 is 0. The minimum absolute atomic E-state index is 0.00462. The van der Waals surface area contributed by atoms with Gasteiger partial charge in [-0.2, -0.15) is 4.31 Å². The Morgan fingerprint density at radius 3 is 2.58 bits per heavy atom. The highest BCUT2D eigenvalue weighted by atomic mass is 32.2. The molecule has 1 aromatic heterocycles. The molecule has 0 bridgehead atoms. The number of sulfone groups is 1. The Kier molecular flexibility index (Phi) is 4.98. The Bertz CT molecular complexity index is 1090. The Hall–Kier alpha value is -1.71. The highest BCUT2D eigenvalue weighted by molar-refractivity contribution is 7.92. The molecule has 9 heteroatoms. The maximum Gasteiger partial charge on any atom is 0.336 e. The molecule has 0 N–H and O–H groups in total. The Morgan fingerprint density at radius 2 is 1.96 bits per heavy atom. The summed E-state index contributed by atoms with van der Waals surface area (Å²) in [6.45, 7) is 4.02. The van der Waals surface area contributed by atoms with E-state index in [0.717, 1.165) is 0 Å². The third kappa shape index (κ3) is 3.84. The van der Waals surface area contributed by atoms with E-state index in [0.29, 0.717) is 17.4 Å². The summed E-state index contributed by atoms with van der Waals surface area (Å²) in [6.07, 6.45) is 0.302. The topological polar surface area (TPSA) is 102 Å². The molecule has 26 heavy (non-hydrogen) atoms. The van der Waals surface area contributed by atoms with Crippen LogP contribution in [0.15, 0.2) is 44.4 Å². The van der Waals surface area contributed by atoms with Crippen molar-refractivity contribution >= 4 is 30.8 Å². The van der Waals surface area contributed by atoms with Crippen molar-refractivity contribution in [3.05, 3.63) is 40.8 Å². The summed E-state index contributed by atoms with van der Waals surface area (Å²) in [4.78, 5) is 11.3. The summed E-state index contributed by atoms with van der Waals surface area (Å²) in [5.74, 6) is -0.0990. The van der Waals surface area contributed by atoms with E-state index in [2.05, 4.69) is 0 Å². The van der Waals surface area contributed by atoms with E-state index in [1.807, 2.05) is 13.8 Å². The van der Waals surface area contributed by atoms with Crippen LogP contribution in [0, 0.1) is 5.92 Å². The van der Waals surface area contributed by atoms with Gasteiger partial charge in [0.05, 0.1) is 16.4 Å². The van der Waals surface area contributed by atoms with Gasteiger partial charge >= 0.3 is 5.63 Å². The first-order chi connectivity index (χ1) is 12.1. The van der Waals surface area contributed by atoms with Gasteiger partial charge in [0, 0.05) is 24.0 Å². The minimum Gasteiger partial charge on any atom is -0.423 e. The number of benzene rings is 1. The smallest absolute Gasteiger partial charge is 0.336 e. The van der Waals surface area contributed by atoms with Gasteiger partial charge in [-0.05, 0) is 36.6 Å². The first kappa shape index (κ1) is 19.1. The van der Waals surface area contributed by atoms with Gasteiger partial charge in [0.1, 0.15) is 5.58 Å². The summed E-state index contributed by atoms with van der Waals surface area (Å²) in [5.41, 5.74) is -0.207. The molecule has 2 aromatic rings. The molecule has 0 amide bonds. The maximum absolute atomic E-state index is 13.2. The number of nitrogens with zero attached hydrogens (tertiary/aromatic N) is 1. The third-order valence-electron chi connectivity index (χ3n) is 4.36. The van der Waals surface area contributed by atoms with Crippen molar-refractivity contribution in [2.75, 3.05) is 18.1 Å². The standard InChI is InChI=1S/C17H21NO6S2/c1-12(2)10-18(14-7-8-25(20,21)11-14)26(22,23)15-4-5-16-13(9-15)3-6-17(19)24-16/h3-6,9,12,14H,7-8,10-11H2,1-2H3.